The first kappa shape index (κ1) is 37.9. The Labute approximate surface area is 305 Å². The summed E-state index contributed by atoms with van der Waals surface area (Å²) in [7, 11) is 3.11. The zero-order valence-electron chi connectivity index (χ0n) is 32.3. The summed E-state index contributed by atoms with van der Waals surface area (Å²) in [5, 5.41) is 10.7. The highest BCUT2D eigenvalue weighted by atomic mass is 16.7. The Kier molecular flexibility index (Phi) is 10.3. The van der Waals surface area contributed by atoms with Crippen molar-refractivity contribution < 1.29 is 38.4 Å². The number of esters is 1. The predicted molar refractivity (Wildman–Crippen MR) is 197 cm³/mol. The molecule has 0 amide bonds. The number of methoxy groups -OCH3 is 2. The van der Waals surface area contributed by atoms with E-state index in [9.17, 15) is 14.7 Å². The highest BCUT2D eigenvalue weighted by molar-refractivity contribution is 5.87. The SMILES string of the molecule is C=C(C)[C@@H]1CC[C@]2(C(=O)O)CC[C@]3(C)[C@H](CC[C@@H]4[C@@]5(C)CC[C@H](OC(=O)/C=C/c6ccc(OCOC)c(OCOC)c6)C(C)(C)[C@@H]5CC[C@]43C)[C@@H]12. The van der Waals surface area contributed by atoms with Crippen LogP contribution in [0.1, 0.15) is 111 Å². The van der Waals surface area contributed by atoms with Gasteiger partial charge in [-0.1, -0.05) is 52.8 Å². The minimum Gasteiger partial charge on any atom is -0.481 e. The van der Waals surface area contributed by atoms with E-state index in [4.69, 9.17) is 23.7 Å². The van der Waals surface area contributed by atoms with Crippen LogP contribution in [-0.4, -0.2) is 51.0 Å². The first-order valence-corrected chi connectivity index (χ1v) is 19.2. The first-order chi connectivity index (χ1) is 24.1. The van der Waals surface area contributed by atoms with E-state index in [2.05, 4.69) is 48.1 Å². The van der Waals surface area contributed by atoms with Gasteiger partial charge in [0.1, 0.15) is 6.10 Å². The number of carboxylic acid groups (broad SMARTS) is 1. The van der Waals surface area contributed by atoms with Gasteiger partial charge in [-0.3, -0.25) is 4.79 Å². The Hall–Kier alpha value is -2.84. The number of ether oxygens (including phenoxy) is 5. The van der Waals surface area contributed by atoms with E-state index in [0.29, 0.717) is 35.2 Å². The molecule has 1 aromatic carbocycles. The van der Waals surface area contributed by atoms with Gasteiger partial charge in [-0.25, -0.2) is 4.79 Å². The number of carbonyl (C=O) groups excluding carboxylic acids is 1. The number of aliphatic carboxylic acids is 1. The quantitative estimate of drug-likeness (QED) is 0.105. The molecule has 0 bridgehead atoms. The molecule has 8 heteroatoms. The first-order valence-electron chi connectivity index (χ1n) is 19.2. The van der Waals surface area contributed by atoms with Crippen LogP contribution in [0.25, 0.3) is 6.08 Å². The van der Waals surface area contributed by atoms with Crippen molar-refractivity contribution in [1.29, 1.82) is 0 Å². The summed E-state index contributed by atoms with van der Waals surface area (Å²) in [6.45, 7) is 19.0. The largest absolute Gasteiger partial charge is 0.481 e. The Bertz CT molecular complexity index is 1530. The molecule has 6 rings (SSSR count). The van der Waals surface area contributed by atoms with Gasteiger partial charge < -0.3 is 28.8 Å². The molecule has 1 aromatic rings. The molecule has 0 aromatic heterocycles. The Morgan fingerprint density at radius 2 is 1.55 bits per heavy atom. The highest BCUT2D eigenvalue weighted by Gasteiger charge is 2.72. The summed E-state index contributed by atoms with van der Waals surface area (Å²) in [6.07, 6.45) is 13.0. The van der Waals surface area contributed by atoms with E-state index >= 15 is 0 Å². The lowest BCUT2D eigenvalue weighted by molar-refractivity contribution is -0.250. The molecular formula is C43H62O8. The maximum atomic E-state index is 13.3. The molecule has 8 nitrogen and oxygen atoms in total. The molecule has 10 atom stereocenters. The van der Waals surface area contributed by atoms with Gasteiger partial charge in [0.25, 0.3) is 0 Å². The minimum atomic E-state index is -0.599. The number of hydrogen-bond donors (Lipinski definition) is 1. The van der Waals surface area contributed by atoms with Crippen LogP contribution in [0, 0.1) is 56.7 Å². The monoisotopic (exact) mass is 706 g/mol. The Balaban J connectivity index is 1.18. The smallest absolute Gasteiger partial charge is 0.331 e. The number of rotatable bonds is 11. The lowest BCUT2D eigenvalue weighted by Gasteiger charge is -2.72. The summed E-state index contributed by atoms with van der Waals surface area (Å²) in [6, 6.07) is 5.45. The van der Waals surface area contributed by atoms with Crippen LogP contribution in [0.2, 0.25) is 0 Å². The van der Waals surface area contributed by atoms with Gasteiger partial charge in [0.15, 0.2) is 25.1 Å². The van der Waals surface area contributed by atoms with E-state index in [1.54, 1.807) is 32.4 Å². The molecule has 0 radical (unpaired) electrons. The van der Waals surface area contributed by atoms with Crippen molar-refractivity contribution in [2.75, 3.05) is 27.8 Å². The highest BCUT2D eigenvalue weighted by Crippen LogP contribution is 2.77. The van der Waals surface area contributed by atoms with E-state index in [1.807, 2.05) is 6.07 Å². The van der Waals surface area contributed by atoms with Gasteiger partial charge in [0, 0.05) is 25.7 Å². The molecule has 5 aliphatic carbocycles. The molecule has 0 aliphatic heterocycles. The minimum absolute atomic E-state index is 0.0661. The van der Waals surface area contributed by atoms with Crippen molar-refractivity contribution >= 4 is 18.0 Å². The van der Waals surface area contributed by atoms with Crippen LogP contribution >= 0.6 is 0 Å². The normalized spacial score (nSPS) is 39.6. The van der Waals surface area contributed by atoms with Crippen LogP contribution in [-0.2, 0) is 23.8 Å². The second-order valence-corrected chi connectivity index (χ2v) is 18.1. The van der Waals surface area contributed by atoms with Crippen LogP contribution < -0.4 is 9.47 Å². The summed E-state index contributed by atoms with van der Waals surface area (Å²) in [4.78, 5) is 26.3. The third kappa shape index (κ3) is 6.04. The number of benzene rings is 1. The number of hydrogen-bond acceptors (Lipinski definition) is 7. The number of carboxylic acids is 1. The average molecular weight is 707 g/mol. The molecule has 0 spiro atoms. The number of fused-ring (bicyclic) bond motifs is 7. The summed E-state index contributed by atoms with van der Waals surface area (Å²) in [5.74, 6) is 1.98. The van der Waals surface area contributed by atoms with Gasteiger partial charge in [0.05, 0.1) is 5.41 Å². The average Bonchev–Trinajstić information content (AvgIpc) is 3.49. The van der Waals surface area contributed by atoms with Crippen LogP contribution in [0.5, 0.6) is 11.5 Å². The number of carbonyl (C=O) groups is 2. The van der Waals surface area contributed by atoms with Crippen molar-refractivity contribution in [2.24, 2.45) is 56.7 Å². The second kappa shape index (κ2) is 13.9. The summed E-state index contributed by atoms with van der Waals surface area (Å²) >= 11 is 0. The maximum absolute atomic E-state index is 13.3. The zero-order chi connectivity index (χ0) is 37.0. The van der Waals surface area contributed by atoms with Crippen LogP contribution in [0.15, 0.2) is 36.4 Å². The van der Waals surface area contributed by atoms with E-state index < -0.39 is 11.4 Å². The molecule has 5 aliphatic rings. The fourth-order valence-corrected chi connectivity index (χ4v) is 13.1. The lowest BCUT2D eigenvalue weighted by Crippen LogP contribution is -2.67. The van der Waals surface area contributed by atoms with Crippen molar-refractivity contribution in [2.45, 2.75) is 112 Å². The van der Waals surface area contributed by atoms with Gasteiger partial charge in [-0.2, -0.15) is 0 Å². The van der Waals surface area contributed by atoms with E-state index in [1.165, 1.54) is 11.6 Å². The molecule has 0 heterocycles. The van der Waals surface area contributed by atoms with Gasteiger partial charge in [-0.05, 0) is 141 Å². The van der Waals surface area contributed by atoms with Crippen LogP contribution in [0.3, 0.4) is 0 Å². The molecule has 5 saturated carbocycles. The van der Waals surface area contributed by atoms with Crippen molar-refractivity contribution in [1.82, 2.24) is 0 Å². The van der Waals surface area contributed by atoms with Gasteiger partial charge in [0.2, 0.25) is 0 Å². The van der Waals surface area contributed by atoms with E-state index in [0.717, 1.165) is 69.8 Å². The van der Waals surface area contributed by atoms with Crippen molar-refractivity contribution in [3.8, 4) is 11.5 Å². The van der Waals surface area contributed by atoms with E-state index in [-0.39, 0.29) is 53.2 Å². The maximum Gasteiger partial charge on any atom is 0.331 e. The van der Waals surface area contributed by atoms with Crippen LogP contribution in [0.4, 0.5) is 0 Å². The summed E-state index contributed by atoms with van der Waals surface area (Å²) < 4.78 is 27.7. The fourth-order valence-electron chi connectivity index (χ4n) is 13.1. The zero-order valence-corrected chi connectivity index (χ0v) is 32.3. The lowest BCUT2D eigenvalue weighted by atomic mass is 9.32. The predicted octanol–water partition coefficient (Wildman–Crippen LogP) is 9.32. The summed E-state index contributed by atoms with van der Waals surface area (Å²) in [5.41, 5.74) is 1.52. The second-order valence-electron chi connectivity index (χ2n) is 18.1. The Morgan fingerprint density at radius 3 is 2.22 bits per heavy atom. The fraction of sp³-hybridized carbons (Fsp3) is 0.721. The third-order valence-corrected chi connectivity index (χ3v) is 15.7. The van der Waals surface area contributed by atoms with Gasteiger partial charge in [-0.15, -0.1) is 0 Å². The van der Waals surface area contributed by atoms with Crippen molar-refractivity contribution in [3.05, 3.63) is 42.0 Å². The molecule has 282 valence electrons. The molecule has 1 N–H and O–H groups in total. The molecule has 5 fully saturated rings. The van der Waals surface area contributed by atoms with Crippen molar-refractivity contribution in [3.63, 3.8) is 0 Å². The van der Waals surface area contributed by atoms with Gasteiger partial charge >= 0.3 is 11.9 Å². The molecule has 0 unspecified atom stereocenters. The molecular weight excluding hydrogens is 644 g/mol. The number of allylic oxidation sites excluding steroid dienone is 1. The molecule has 51 heavy (non-hydrogen) atoms. The Morgan fingerprint density at radius 1 is 0.843 bits per heavy atom. The molecule has 0 saturated heterocycles. The standard InChI is InChI=1S/C43H62O8/c1-27(2)29-16-21-43(38(45)46)23-22-41(6)30(37(29)43)12-14-34-40(5)19-18-35(39(3,4)33(40)17-20-42(34,41)7)51-36(44)15-11-28-10-13-31(49-25-47-8)32(24-28)50-26-48-9/h10-11,13,15,24,29-30,33-35,37H,1,12,14,16-23,25-26H2,2-9H3,(H,45,46)/b15-11+/t29-,30+,33-,34+,35-,37+,40-,41+,42+,43-/m0/s1. The topological polar surface area (TPSA) is 101 Å². The third-order valence-electron chi connectivity index (χ3n) is 15.7.